The highest BCUT2D eigenvalue weighted by Gasteiger charge is 2.05. The Hall–Kier alpha value is -2.81. The largest absolute Gasteiger partial charge is 0.376 e. The van der Waals surface area contributed by atoms with Crippen LogP contribution in [0, 0.1) is 13.8 Å². The van der Waals surface area contributed by atoms with E-state index in [-0.39, 0.29) is 12.5 Å². The molecule has 0 fully saturated rings. The quantitative estimate of drug-likeness (QED) is 0.744. The summed E-state index contributed by atoms with van der Waals surface area (Å²) in [6, 6.07) is 20.1. The highest BCUT2D eigenvalue weighted by Crippen LogP contribution is 2.19. The molecule has 1 amide bonds. The first kappa shape index (κ1) is 15.1. The zero-order valence-corrected chi connectivity index (χ0v) is 13.4. The van der Waals surface area contributed by atoms with Gasteiger partial charge in [0, 0.05) is 11.4 Å². The van der Waals surface area contributed by atoms with Crippen molar-refractivity contribution in [3.63, 3.8) is 0 Å². The van der Waals surface area contributed by atoms with Crippen LogP contribution in [0.5, 0.6) is 0 Å². The number of carbonyl (C=O) groups is 1. The van der Waals surface area contributed by atoms with Crippen LogP contribution in [0.1, 0.15) is 11.1 Å². The van der Waals surface area contributed by atoms with E-state index < -0.39 is 0 Å². The van der Waals surface area contributed by atoms with Crippen molar-refractivity contribution in [1.29, 1.82) is 0 Å². The summed E-state index contributed by atoms with van der Waals surface area (Å²) >= 11 is 0. The third-order valence-electron chi connectivity index (χ3n) is 4.08. The molecule has 3 aromatic carbocycles. The van der Waals surface area contributed by atoms with Crippen molar-refractivity contribution in [3.8, 4) is 0 Å². The fraction of sp³-hybridized carbons (Fsp3) is 0.150. The van der Waals surface area contributed by atoms with Gasteiger partial charge >= 0.3 is 0 Å². The number of fused-ring (bicyclic) bond motifs is 1. The summed E-state index contributed by atoms with van der Waals surface area (Å²) in [6.07, 6.45) is 0. The Bertz CT molecular complexity index is 855. The van der Waals surface area contributed by atoms with Gasteiger partial charge in [0.2, 0.25) is 5.91 Å². The molecular formula is C20H20N2O. The van der Waals surface area contributed by atoms with Crippen LogP contribution in [0.2, 0.25) is 0 Å². The number of anilines is 2. The molecule has 0 bridgehead atoms. The molecule has 0 aliphatic rings. The molecule has 116 valence electrons. The Balaban J connectivity index is 1.65. The van der Waals surface area contributed by atoms with E-state index in [9.17, 15) is 4.79 Å². The lowest BCUT2D eigenvalue weighted by atomic mass is 10.1. The maximum atomic E-state index is 12.1. The van der Waals surface area contributed by atoms with Crippen LogP contribution < -0.4 is 10.6 Å². The maximum absolute atomic E-state index is 12.1. The van der Waals surface area contributed by atoms with E-state index in [4.69, 9.17) is 0 Å². The van der Waals surface area contributed by atoms with Gasteiger partial charge in [0.05, 0.1) is 6.54 Å². The van der Waals surface area contributed by atoms with Crippen molar-refractivity contribution in [2.75, 3.05) is 17.2 Å². The first-order valence-corrected chi connectivity index (χ1v) is 7.72. The summed E-state index contributed by atoms with van der Waals surface area (Å²) in [6.45, 7) is 4.37. The lowest BCUT2D eigenvalue weighted by Crippen LogP contribution is -2.22. The van der Waals surface area contributed by atoms with Crippen LogP contribution in [0.25, 0.3) is 10.8 Å². The Morgan fingerprint density at radius 3 is 2.52 bits per heavy atom. The van der Waals surface area contributed by atoms with Gasteiger partial charge in [-0.2, -0.15) is 0 Å². The van der Waals surface area contributed by atoms with Gasteiger partial charge in [0.15, 0.2) is 0 Å². The predicted octanol–water partition coefficient (Wildman–Crippen LogP) is 4.51. The Kier molecular flexibility index (Phi) is 4.29. The third kappa shape index (κ3) is 3.51. The molecule has 0 heterocycles. The van der Waals surface area contributed by atoms with Gasteiger partial charge in [-0.15, -0.1) is 0 Å². The Labute approximate surface area is 136 Å². The van der Waals surface area contributed by atoms with Gasteiger partial charge in [-0.05, 0) is 53.9 Å². The number of benzene rings is 3. The van der Waals surface area contributed by atoms with Crippen LogP contribution in [-0.2, 0) is 4.79 Å². The highest BCUT2D eigenvalue weighted by molar-refractivity contribution is 5.96. The van der Waals surface area contributed by atoms with Crippen LogP contribution >= 0.6 is 0 Å². The first-order chi connectivity index (χ1) is 11.1. The predicted molar refractivity (Wildman–Crippen MR) is 97.0 cm³/mol. The van der Waals surface area contributed by atoms with E-state index in [0.29, 0.717) is 0 Å². The average Bonchev–Trinajstić information content (AvgIpc) is 2.56. The zero-order chi connectivity index (χ0) is 16.2. The van der Waals surface area contributed by atoms with E-state index >= 15 is 0 Å². The average molecular weight is 304 g/mol. The van der Waals surface area contributed by atoms with E-state index in [1.54, 1.807) is 0 Å². The summed E-state index contributed by atoms with van der Waals surface area (Å²) in [4.78, 5) is 12.1. The van der Waals surface area contributed by atoms with Crippen LogP contribution in [0.4, 0.5) is 11.4 Å². The van der Waals surface area contributed by atoms with Crippen LogP contribution in [0.3, 0.4) is 0 Å². The lowest BCUT2D eigenvalue weighted by Gasteiger charge is -2.12. The minimum Gasteiger partial charge on any atom is -0.376 e. The second kappa shape index (κ2) is 6.53. The fourth-order valence-electron chi connectivity index (χ4n) is 2.59. The molecule has 0 unspecified atom stereocenters. The molecule has 0 aromatic heterocycles. The maximum Gasteiger partial charge on any atom is 0.243 e. The van der Waals surface area contributed by atoms with Crippen molar-refractivity contribution in [2.45, 2.75) is 13.8 Å². The molecule has 0 radical (unpaired) electrons. The molecule has 2 N–H and O–H groups in total. The molecule has 0 spiro atoms. The van der Waals surface area contributed by atoms with Crippen molar-refractivity contribution < 1.29 is 4.79 Å². The lowest BCUT2D eigenvalue weighted by molar-refractivity contribution is -0.114. The van der Waals surface area contributed by atoms with Gasteiger partial charge in [-0.3, -0.25) is 4.79 Å². The minimum atomic E-state index is -0.0545. The van der Waals surface area contributed by atoms with Gasteiger partial charge < -0.3 is 10.6 Å². The smallest absolute Gasteiger partial charge is 0.243 e. The molecule has 0 saturated heterocycles. The van der Waals surface area contributed by atoms with Crippen LogP contribution in [-0.4, -0.2) is 12.5 Å². The summed E-state index contributed by atoms with van der Waals surface area (Å²) < 4.78 is 0. The van der Waals surface area contributed by atoms with Gasteiger partial charge in [-0.25, -0.2) is 0 Å². The van der Waals surface area contributed by atoms with Crippen LogP contribution in [0.15, 0.2) is 60.7 Å². The third-order valence-corrected chi connectivity index (χ3v) is 4.08. The Morgan fingerprint density at radius 1 is 0.913 bits per heavy atom. The second-order valence-corrected chi connectivity index (χ2v) is 5.71. The number of rotatable bonds is 4. The monoisotopic (exact) mass is 304 g/mol. The normalized spacial score (nSPS) is 10.5. The number of hydrogen-bond acceptors (Lipinski definition) is 2. The molecule has 0 atom stereocenters. The molecule has 0 aliphatic carbocycles. The molecular weight excluding hydrogens is 284 g/mol. The molecule has 0 saturated carbocycles. The molecule has 23 heavy (non-hydrogen) atoms. The van der Waals surface area contributed by atoms with Gasteiger partial charge in [0.25, 0.3) is 0 Å². The van der Waals surface area contributed by atoms with Crippen molar-refractivity contribution >= 4 is 28.1 Å². The second-order valence-electron chi connectivity index (χ2n) is 5.71. The number of nitrogens with one attached hydrogen (secondary N) is 2. The summed E-state index contributed by atoms with van der Waals surface area (Å²) in [7, 11) is 0. The van der Waals surface area contributed by atoms with E-state index in [1.165, 1.54) is 16.5 Å². The van der Waals surface area contributed by atoms with E-state index in [0.717, 1.165) is 16.8 Å². The number of amides is 1. The SMILES string of the molecule is Cc1cccc(NCC(=O)Nc2ccc3ccccc3c2)c1C. The van der Waals surface area contributed by atoms with E-state index in [2.05, 4.69) is 36.6 Å². The molecule has 3 nitrogen and oxygen atoms in total. The molecule has 3 heteroatoms. The van der Waals surface area contributed by atoms with Crippen molar-refractivity contribution in [2.24, 2.45) is 0 Å². The van der Waals surface area contributed by atoms with Crippen molar-refractivity contribution in [3.05, 3.63) is 71.8 Å². The highest BCUT2D eigenvalue weighted by atomic mass is 16.1. The zero-order valence-electron chi connectivity index (χ0n) is 13.4. The first-order valence-electron chi connectivity index (χ1n) is 7.72. The van der Waals surface area contributed by atoms with Gasteiger partial charge in [-0.1, -0.05) is 42.5 Å². The minimum absolute atomic E-state index is 0.0545. The summed E-state index contributed by atoms with van der Waals surface area (Å²) in [5, 5.41) is 8.42. The number of carbonyl (C=O) groups excluding carboxylic acids is 1. The standard InChI is InChI=1S/C20H20N2O/c1-14-6-5-9-19(15(14)2)21-13-20(23)22-18-11-10-16-7-3-4-8-17(16)12-18/h3-12,21H,13H2,1-2H3,(H,22,23). The van der Waals surface area contributed by atoms with E-state index in [1.807, 2.05) is 48.5 Å². The van der Waals surface area contributed by atoms with Gasteiger partial charge in [0.1, 0.15) is 0 Å². The molecule has 0 aliphatic heterocycles. The fourth-order valence-corrected chi connectivity index (χ4v) is 2.59. The number of aryl methyl sites for hydroxylation is 1. The topological polar surface area (TPSA) is 41.1 Å². The summed E-state index contributed by atoms with van der Waals surface area (Å²) in [5.74, 6) is -0.0545. The Morgan fingerprint density at radius 2 is 1.70 bits per heavy atom. The molecule has 3 aromatic rings. The summed E-state index contributed by atoms with van der Waals surface area (Å²) in [5.41, 5.74) is 4.20. The van der Waals surface area contributed by atoms with Crippen molar-refractivity contribution in [1.82, 2.24) is 0 Å². The molecule has 3 rings (SSSR count). The number of hydrogen-bond donors (Lipinski definition) is 2.